The van der Waals surface area contributed by atoms with Crippen LogP contribution in [0.2, 0.25) is 0 Å². The molecule has 0 aliphatic rings. The van der Waals surface area contributed by atoms with E-state index in [-0.39, 0.29) is 0 Å². The van der Waals surface area contributed by atoms with Gasteiger partial charge in [-0.1, -0.05) is 103 Å². The Morgan fingerprint density at radius 2 is 1.25 bits per heavy atom. The van der Waals surface area contributed by atoms with Crippen molar-refractivity contribution in [2.24, 2.45) is 0 Å². The molecule has 0 aliphatic heterocycles. The molecule has 11 aromatic rings. The molecule has 0 fully saturated rings. The van der Waals surface area contributed by atoms with Gasteiger partial charge < -0.3 is 4.98 Å². The van der Waals surface area contributed by atoms with Crippen LogP contribution in [0.4, 0.5) is 0 Å². The number of fused-ring (bicyclic) bond motifs is 7. The van der Waals surface area contributed by atoms with Crippen LogP contribution in [0.25, 0.3) is 99.8 Å². The second kappa shape index (κ2) is 12.4. The Bertz CT molecular complexity index is 3300. The molecule has 0 unspecified atom stereocenters. The monoisotopic (exact) mass is 719 g/mol. The molecule has 0 spiro atoms. The maximum atomic E-state index is 5.55. The number of aromatic nitrogens is 5. The van der Waals surface area contributed by atoms with Crippen LogP contribution in [0.5, 0.6) is 0 Å². The SMILES string of the molecule is Cc1cc(C)c(-c2ccc3c(c2)c2ccc(-c4cccc5c4nc(-c4cccc6c4[nH]c4ccccc46)n5-c4ccccc4)cc2n3-c2ccccn2)c(C)c1. The topological polar surface area (TPSA) is 51.4 Å². The van der Waals surface area contributed by atoms with Crippen molar-refractivity contribution in [3.8, 4) is 45.1 Å². The molecule has 7 aromatic carbocycles. The largest absolute Gasteiger partial charge is 0.354 e. The number of para-hydroxylation sites is 4. The lowest BCUT2D eigenvalue weighted by Gasteiger charge is -2.12. The van der Waals surface area contributed by atoms with Gasteiger partial charge in [0.05, 0.1) is 27.6 Å². The summed E-state index contributed by atoms with van der Waals surface area (Å²) in [5, 5.41) is 4.79. The number of pyridine rings is 1. The van der Waals surface area contributed by atoms with Crippen molar-refractivity contribution < 1.29 is 0 Å². The minimum atomic E-state index is 0.889. The van der Waals surface area contributed by atoms with Gasteiger partial charge in [-0.15, -0.1) is 0 Å². The third-order valence-corrected chi connectivity index (χ3v) is 11.4. The van der Waals surface area contributed by atoms with Crippen molar-refractivity contribution in [3.63, 3.8) is 0 Å². The van der Waals surface area contributed by atoms with Crippen molar-refractivity contribution >= 4 is 54.6 Å². The molecule has 266 valence electrons. The van der Waals surface area contributed by atoms with Gasteiger partial charge in [0.1, 0.15) is 11.6 Å². The van der Waals surface area contributed by atoms with Crippen LogP contribution in [-0.2, 0) is 0 Å². The van der Waals surface area contributed by atoms with Crippen LogP contribution in [0, 0.1) is 20.8 Å². The first-order valence-electron chi connectivity index (χ1n) is 19.2. The fourth-order valence-electron chi connectivity index (χ4n) is 9.12. The van der Waals surface area contributed by atoms with Gasteiger partial charge in [0.2, 0.25) is 0 Å². The highest BCUT2D eigenvalue weighted by molar-refractivity contribution is 6.13. The van der Waals surface area contributed by atoms with Crippen LogP contribution in [0.1, 0.15) is 16.7 Å². The fourth-order valence-corrected chi connectivity index (χ4v) is 9.12. The third kappa shape index (κ3) is 4.87. The smallest absolute Gasteiger partial charge is 0.147 e. The molecule has 11 rings (SSSR count). The average Bonchev–Trinajstić information content (AvgIpc) is 3.90. The zero-order valence-electron chi connectivity index (χ0n) is 31.4. The molecule has 56 heavy (non-hydrogen) atoms. The summed E-state index contributed by atoms with van der Waals surface area (Å²) in [7, 11) is 0. The lowest BCUT2D eigenvalue weighted by atomic mass is 9.93. The molecule has 0 amide bonds. The Morgan fingerprint density at radius 1 is 0.500 bits per heavy atom. The van der Waals surface area contributed by atoms with Gasteiger partial charge in [-0.3, -0.25) is 9.13 Å². The molecule has 0 radical (unpaired) electrons. The van der Waals surface area contributed by atoms with Gasteiger partial charge in [-0.05, 0) is 109 Å². The number of nitrogens with one attached hydrogen (secondary N) is 1. The molecule has 5 heteroatoms. The molecule has 0 atom stereocenters. The Balaban J connectivity index is 1.16. The van der Waals surface area contributed by atoms with Crippen molar-refractivity contribution in [2.45, 2.75) is 20.8 Å². The summed E-state index contributed by atoms with van der Waals surface area (Å²) in [6.45, 7) is 6.60. The summed E-state index contributed by atoms with van der Waals surface area (Å²) in [6.07, 6.45) is 1.87. The predicted octanol–water partition coefficient (Wildman–Crippen LogP) is 13.1. The van der Waals surface area contributed by atoms with E-state index in [9.17, 15) is 0 Å². The quantitative estimate of drug-likeness (QED) is 0.193. The number of imidazole rings is 1. The van der Waals surface area contributed by atoms with Crippen molar-refractivity contribution in [2.75, 3.05) is 0 Å². The summed E-state index contributed by atoms with van der Waals surface area (Å²) in [5.41, 5.74) is 17.1. The molecule has 0 saturated carbocycles. The summed E-state index contributed by atoms with van der Waals surface area (Å²) < 4.78 is 4.61. The number of rotatable bonds is 5. The van der Waals surface area contributed by atoms with E-state index in [0.29, 0.717) is 0 Å². The highest BCUT2D eigenvalue weighted by Crippen LogP contribution is 2.41. The number of aryl methyl sites for hydroxylation is 3. The van der Waals surface area contributed by atoms with E-state index < -0.39 is 0 Å². The first-order chi connectivity index (χ1) is 27.5. The van der Waals surface area contributed by atoms with E-state index >= 15 is 0 Å². The molecule has 0 bridgehead atoms. The zero-order chi connectivity index (χ0) is 37.5. The Morgan fingerprint density at radius 3 is 2.09 bits per heavy atom. The Kier molecular flexibility index (Phi) is 7.13. The molecular formula is C51H37N5. The average molecular weight is 720 g/mol. The van der Waals surface area contributed by atoms with Crippen LogP contribution in [0.15, 0.2) is 164 Å². The summed E-state index contributed by atoms with van der Waals surface area (Å²) >= 11 is 0. The van der Waals surface area contributed by atoms with E-state index in [4.69, 9.17) is 9.97 Å². The standard InChI is InChI=1S/C51H37N5/c1-31-27-32(2)48(33(3)28-31)35-23-25-44-42(29-35)39-24-22-34(30-46(39)56(44)47-21-9-10-26-52-47)37-16-12-20-45-50(37)54-51(55(45)36-13-5-4-6-14-36)41-18-11-17-40-38-15-7-8-19-43(38)53-49(40)41/h4-30,53H,1-3H3. The van der Waals surface area contributed by atoms with Crippen LogP contribution in [-0.4, -0.2) is 24.1 Å². The number of nitrogens with zero attached hydrogens (tertiary/aromatic N) is 4. The minimum absolute atomic E-state index is 0.889. The first kappa shape index (κ1) is 32.2. The van der Waals surface area contributed by atoms with Crippen LogP contribution < -0.4 is 0 Å². The van der Waals surface area contributed by atoms with E-state index in [1.165, 1.54) is 49.4 Å². The second-order valence-corrected chi connectivity index (χ2v) is 14.9. The maximum absolute atomic E-state index is 5.55. The van der Waals surface area contributed by atoms with Crippen molar-refractivity contribution in [1.29, 1.82) is 0 Å². The van der Waals surface area contributed by atoms with E-state index in [2.05, 4.69) is 187 Å². The number of benzene rings is 7. The zero-order valence-corrected chi connectivity index (χ0v) is 31.4. The van der Waals surface area contributed by atoms with Gasteiger partial charge >= 0.3 is 0 Å². The minimum Gasteiger partial charge on any atom is -0.354 e. The third-order valence-electron chi connectivity index (χ3n) is 11.4. The highest BCUT2D eigenvalue weighted by Gasteiger charge is 2.22. The summed E-state index contributed by atoms with van der Waals surface area (Å²) in [6, 6.07) is 56.6. The van der Waals surface area contributed by atoms with Gasteiger partial charge in [-0.25, -0.2) is 9.97 Å². The maximum Gasteiger partial charge on any atom is 0.147 e. The molecule has 0 aliphatic carbocycles. The number of hydrogen-bond donors (Lipinski definition) is 1. The Hall–Kier alpha value is -7.24. The van der Waals surface area contributed by atoms with E-state index in [1.807, 2.05) is 12.3 Å². The van der Waals surface area contributed by atoms with Crippen LogP contribution >= 0.6 is 0 Å². The lowest BCUT2D eigenvalue weighted by Crippen LogP contribution is -1.97. The normalized spacial score (nSPS) is 11.8. The highest BCUT2D eigenvalue weighted by atomic mass is 15.1. The molecule has 4 aromatic heterocycles. The van der Waals surface area contributed by atoms with Gasteiger partial charge in [0.25, 0.3) is 0 Å². The van der Waals surface area contributed by atoms with Gasteiger partial charge in [0.15, 0.2) is 0 Å². The number of aromatic amines is 1. The fraction of sp³-hybridized carbons (Fsp3) is 0.0588. The molecule has 1 N–H and O–H groups in total. The molecule has 4 heterocycles. The first-order valence-corrected chi connectivity index (χ1v) is 19.2. The van der Waals surface area contributed by atoms with Crippen molar-refractivity contribution in [1.82, 2.24) is 24.1 Å². The van der Waals surface area contributed by atoms with Crippen molar-refractivity contribution in [3.05, 3.63) is 181 Å². The van der Waals surface area contributed by atoms with E-state index in [1.54, 1.807) is 0 Å². The summed E-state index contributed by atoms with van der Waals surface area (Å²) in [5.74, 6) is 1.79. The number of hydrogen-bond acceptors (Lipinski definition) is 2. The van der Waals surface area contributed by atoms with E-state index in [0.717, 1.165) is 67.1 Å². The summed E-state index contributed by atoms with van der Waals surface area (Å²) in [4.78, 5) is 14.1. The number of H-pyrrole nitrogens is 1. The predicted molar refractivity (Wildman–Crippen MR) is 233 cm³/mol. The molecule has 0 saturated heterocycles. The molecule has 5 nitrogen and oxygen atoms in total. The Labute approximate surface area is 324 Å². The lowest BCUT2D eigenvalue weighted by molar-refractivity contribution is 1.08. The van der Waals surface area contributed by atoms with Gasteiger partial charge in [-0.2, -0.15) is 0 Å². The molecular weight excluding hydrogens is 683 g/mol. The van der Waals surface area contributed by atoms with Crippen LogP contribution in [0.3, 0.4) is 0 Å². The van der Waals surface area contributed by atoms with Gasteiger partial charge in [0, 0.05) is 50.1 Å². The second-order valence-electron chi connectivity index (χ2n) is 14.9.